The van der Waals surface area contributed by atoms with Crippen molar-refractivity contribution >= 4 is 16.6 Å². The normalized spacial score (nSPS) is 26.9. The molecule has 1 saturated heterocycles. The predicted molar refractivity (Wildman–Crippen MR) is 58.8 cm³/mol. The van der Waals surface area contributed by atoms with E-state index in [-0.39, 0.29) is 5.78 Å². The summed E-state index contributed by atoms with van der Waals surface area (Å²) in [6.45, 7) is 5.57. The van der Waals surface area contributed by atoms with Gasteiger partial charge in [0.25, 0.3) is 0 Å². The van der Waals surface area contributed by atoms with Crippen molar-refractivity contribution in [1.82, 2.24) is 4.90 Å². The fourth-order valence-corrected chi connectivity index (χ4v) is 2.94. The molecule has 1 heterocycles. The molecule has 2 atom stereocenters. The van der Waals surface area contributed by atoms with Crippen molar-refractivity contribution in [3.05, 3.63) is 0 Å². The lowest BCUT2D eigenvalue weighted by molar-refractivity contribution is -0.118. The van der Waals surface area contributed by atoms with Crippen molar-refractivity contribution in [1.29, 1.82) is 0 Å². The minimum absolute atomic E-state index is 0.239. The first-order valence-corrected chi connectivity index (χ1v) is 6.67. The first-order valence-electron chi connectivity index (χ1n) is 5.18. The van der Waals surface area contributed by atoms with E-state index in [4.69, 9.17) is 0 Å². The molecular weight excluding hydrogens is 198 g/mol. The average Bonchev–Trinajstić information content (AvgIpc) is 2.28. The smallest absolute Gasteiger partial charge is 0.131 e. The maximum Gasteiger partial charge on any atom is 0.131 e. The van der Waals surface area contributed by atoms with Gasteiger partial charge in [-0.15, -0.1) is 0 Å². The van der Waals surface area contributed by atoms with Crippen LogP contribution in [0.4, 0.5) is 0 Å². The van der Waals surface area contributed by atoms with Gasteiger partial charge >= 0.3 is 0 Å². The Bertz CT molecular complexity index is 230. The van der Waals surface area contributed by atoms with Crippen molar-refractivity contribution in [3.8, 4) is 0 Å². The van der Waals surface area contributed by atoms with E-state index in [0.29, 0.717) is 12.5 Å². The summed E-state index contributed by atoms with van der Waals surface area (Å²) in [6.07, 6.45) is 1.61. The predicted octanol–water partition coefficient (Wildman–Crippen LogP) is 0.808. The molecule has 0 N–H and O–H groups in total. The van der Waals surface area contributed by atoms with Crippen LogP contribution in [0, 0.1) is 0 Å². The molecule has 0 aliphatic carbocycles. The van der Waals surface area contributed by atoms with Crippen molar-refractivity contribution in [3.63, 3.8) is 0 Å². The van der Waals surface area contributed by atoms with Crippen molar-refractivity contribution < 1.29 is 9.00 Å². The summed E-state index contributed by atoms with van der Waals surface area (Å²) in [6, 6.07) is 0.308. The van der Waals surface area contributed by atoms with Crippen molar-refractivity contribution in [2.75, 3.05) is 24.6 Å². The number of carbonyl (C=O) groups excluding carboxylic acids is 1. The van der Waals surface area contributed by atoms with Gasteiger partial charge in [0.05, 0.1) is 0 Å². The summed E-state index contributed by atoms with van der Waals surface area (Å²) in [4.78, 5) is 13.2. The van der Waals surface area contributed by atoms with Crippen LogP contribution in [0.3, 0.4) is 0 Å². The molecule has 0 bridgehead atoms. The molecular formula is C10H19NO2S. The van der Waals surface area contributed by atoms with Crippen LogP contribution in [0.1, 0.15) is 26.7 Å². The molecule has 1 aliphatic heterocycles. The second-order valence-corrected chi connectivity index (χ2v) is 5.69. The SMILES string of the molecule is CC(=O)CC(C)N1CCCS(=O)CC1. The second kappa shape index (κ2) is 5.61. The number of hydrogen-bond donors (Lipinski definition) is 0. The molecule has 3 nitrogen and oxygen atoms in total. The molecule has 1 aliphatic rings. The molecule has 0 saturated carbocycles. The lowest BCUT2D eigenvalue weighted by atomic mass is 10.1. The first kappa shape index (κ1) is 11.9. The molecule has 0 aromatic rings. The maximum absolute atomic E-state index is 11.3. The lowest BCUT2D eigenvalue weighted by Crippen LogP contribution is -2.36. The number of nitrogens with zero attached hydrogens (tertiary/aromatic N) is 1. The largest absolute Gasteiger partial charge is 0.300 e. The molecule has 1 fully saturated rings. The van der Waals surface area contributed by atoms with Crippen molar-refractivity contribution in [2.24, 2.45) is 0 Å². The van der Waals surface area contributed by atoms with Crippen LogP contribution < -0.4 is 0 Å². The van der Waals surface area contributed by atoms with Crippen LogP contribution in [0.15, 0.2) is 0 Å². The number of rotatable bonds is 3. The fraction of sp³-hybridized carbons (Fsp3) is 0.900. The molecule has 2 unspecified atom stereocenters. The van der Waals surface area contributed by atoms with Gasteiger partial charge < -0.3 is 0 Å². The summed E-state index contributed by atoms with van der Waals surface area (Å²) < 4.78 is 11.3. The van der Waals surface area contributed by atoms with Gasteiger partial charge in [-0.1, -0.05) is 0 Å². The zero-order valence-corrected chi connectivity index (χ0v) is 9.81. The molecule has 0 aromatic heterocycles. The number of ketones is 1. The van der Waals surface area contributed by atoms with Crippen LogP contribution in [0.25, 0.3) is 0 Å². The first-order chi connectivity index (χ1) is 6.59. The maximum atomic E-state index is 11.3. The van der Waals surface area contributed by atoms with E-state index in [1.165, 1.54) is 0 Å². The Morgan fingerprint density at radius 3 is 2.79 bits per heavy atom. The number of carbonyl (C=O) groups is 1. The minimum Gasteiger partial charge on any atom is -0.300 e. The van der Waals surface area contributed by atoms with E-state index in [0.717, 1.165) is 31.0 Å². The highest BCUT2D eigenvalue weighted by atomic mass is 32.2. The molecule has 82 valence electrons. The molecule has 0 aromatic carbocycles. The second-order valence-electron chi connectivity index (χ2n) is 3.99. The van der Waals surface area contributed by atoms with E-state index >= 15 is 0 Å². The van der Waals surface area contributed by atoms with Gasteiger partial charge in [0.1, 0.15) is 5.78 Å². The zero-order valence-electron chi connectivity index (χ0n) is 8.99. The molecule has 0 radical (unpaired) electrons. The van der Waals surface area contributed by atoms with E-state index in [1.807, 2.05) is 0 Å². The minimum atomic E-state index is -0.634. The van der Waals surface area contributed by atoms with Crippen molar-refractivity contribution in [2.45, 2.75) is 32.7 Å². The quantitative estimate of drug-likeness (QED) is 0.702. The fourth-order valence-electron chi connectivity index (χ4n) is 1.85. The van der Waals surface area contributed by atoms with E-state index in [9.17, 15) is 9.00 Å². The third-order valence-electron chi connectivity index (χ3n) is 2.63. The summed E-state index contributed by atoms with van der Waals surface area (Å²) in [7, 11) is -0.634. The Balaban J connectivity index is 2.42. The summed E-state index contributed by atoms with van der Waals surface area (Å²) in [5.74, 6) is 1.83. The third-order valence-corrected chi connectivity index (χ3v) is 4.01. The van der Waals surface area contributed by atoms with Gasteiger partial charge in [-0.3, -0.25) is 13.9 Å². The summed E-state index contributed by atoms with van der Waals surface area (Å²) >= 11 is 0. The van der Waals surface area contributed by atoms with Crippen LogP contribution in [0.2, 0.25) is 0 Å². The Hall–Kier alpha value is -0.220. The molecule has 0 amide bonds. The van der Waals surface area contributed by atoms with Gasteiger partial charge in [0.2, 0.25) is 0 Å². The highest BCUT2D eigenvalue weighted by Gasteiger charge is 2.18. The summed E-state index contributed by atoms with van der Waals surface area (Å²) in [5, 5.41) is 0. The van der Waals surface area contributed by atoms with Crippen LogP contribution in [0.5, 0.6) is 0 Å². The van der Waals surface area contributed by atoms with Gasteiger partial charge in [0.15, 0.2) is 0 Å². The Morgan fingerprint density at radius 2 is 2.14 bits per heavy atom. The number of Topliss-reactive ketones (excluding diaryl/α,β-unsaturated/α-hetero) is 1. The van der Waals surface area contributed by atoms with Crippen LogP contribution in [-0.2, 0) is 15.6 Å². The Morgan fingerprint density at radius 1 is 1.43 bits per heavy atom. The van der Waals surface area contributed by atoms with E-state index in [2.05, 4.69) is 11.8 Å². The van der Waals surface area contributed by atoms with E-state index < -0.39 is 10.8 Å². The Labute approximate surface area is 88.3 Å². The molecule has 0 spiro atoms. The van der Waals surface area contributed by atoms with Crippen LogP contribution in [-0.4, -0.2) is 45.5 Å². The monoisotopic (exact) mass is 217 g/mol. The lowest BCUT2D eigenvalue weighted by Gasteiger charge is -2.26. The average molecular weight is 217 g/mol. The van der Waals surface area contributed by atoms with Gasteiger partial charge in [-0.25, -0.2) is 0 Å². The van der Waals surface area contributed by atoms with E-state index in [1.54, 1.807) is 6.92 Å². The van der Waals surface area contributed by atoms with Crippen LogP contribution >= 0.6 is 0 Å². The van der Waals surface area contributed by atoms with Gasteiger partial charge in [0, 0.05) is 41.3 Å². The van der Waals surface area contributed by atoms with Gasteiger partial charge in [-0.05, 0) is 26.8 Å². The summed E-state index contributed by atoms with van der Waals surface area (Å²) in [5.41, 5.74) is 0. The highest BCUT2D eigenvalue weighted by Crippen LogP contribution is 2.09. The molecule has 4 heteroatoms. The standard InChI is InChI=1S/C10H19NO2S/c1-9(8-10(2)12)11-4-3-6-14(13)7-5-11/h9H,3-8H2,1-2H3. The topological polar surface area (TPSA) is 37.4 Å². The highest BCUT2D eigenvalue weighted by molar-refractivity contribution is 7.85. The molecule has 14 heavy (non-hydrogen) atoms. The number of hydrogen-bond acceptors (Lipinski definition) is 3. The Kier molecular flexibility index (Phi) is 4.75. The third kappa shape index (κ3) is 3.88. The molecule has 1 rings (SSSR count). The van der Waals surface area contributed by atoms with Gasteiger partial charge in [-0.2, -0.15) is 0 Å². The zero-order chi connectivity index (χ0) is 10.6.